The maximum absolute atomic E-state index is 13.0. The van der Waals surface area contributed by atoms with Crippen LogP contribution in [-0.4, -0.2) is 10.5 Å². The SMILES string of the molecule is CC(c1ccccc1)n1c(C(=O)NCc2ccc(F)cc2)cc2sccc21. The smallest absolute Gasteiger partial charge is 0.268 e. The molecule has 5 heteroatoms. The van der Waals surface area contributed by atoms with E-state index in [0.29, 0.717) is 12.2 Å². The first-order chi connectivity index (χ1) is 13.1. The van der Waals surface area contributed by atoms with E-state index in [1.807, 2.05) is 29.6 Å². The van der Waals surface area contributed by atoms with Crippen molar-refractivity contribution in [1.29, 1.82) is 0 Å². The standard InChI is InChI=1S/C22H19FN2OS/c1-15(17-5-3-2-4-6-17)25-19-11-12-27-21(19)13-20(25)22(26)24-14-16-7-9-18(23)10-8-16/h2-13,15H,14H2,1H3,(H,24,26). The van der Waals surface area contributed by atoms with Gasteiger partial charge < -0.3 is 9.88 Å². The van der Waals surface area contributed by atoms with Crippen molar-refractivity contribution in [2.45, 2.75) is 19.5 Å². The lowest BCUT2D eigenvalue weighted by Gasteiger charge is -2.19. The largest absolute Gasteiger partial charge is 0.347 e. The van der Waals surface area contributed by atoms with Crippen LogP contribution in [0.15, 0.2) is 72.1 Å². The van der Waals surface area contributed by atoms with Crippen molar-refractivity contribution in [3.63, 3.8) is 0 Å². The fraction of sp³-hybridized carbons (Fsp3) is 0.136. The summed E-state index contributed by atoms with van der Waals surface area (Å²) in [5.41, 5.74) is 3.70. The first-order valence-corrected chi connectivity index (χ1v) is 9.67. The van der Waals surface area contributed by atoms with Gasteiger partial charge in [-0.25, -0.2) is 4.39 Å². The molecule has 0 saturated heterocycles. The van der Waals surface area contributed by atoms with Gasteiger partial charge in [0.2, 0.25) is 0 Å². The molecule has 2 heterocycles. The lowest BCUT2D eigenvalue weighted by atomic mass is 10.1. The number of fused-ring (bicyclic) bond motifs is 1. The molecule has 2 aromatic carbocycles. The Balaban J connectivity index is 1.64. The van der Waals surface area contributed by atoms with Gasteiger partial charge in [-0.15, -0.1) is 11.3 Å². The third-order valence-electron chi connectivity index (χ3n) is 4.73. The van der Waals surface area contributed by atoms with E-state index in [-0.39, 0.29) is 17.8 Å². The van der Waals surface area contributed by atoms with E-state index in [4.69, 9.17) is 0 Å². The van der Waals surface area contributed by atoms with Crippen LogP contribution in [0.4, 0.5) is 4.39 Å². The van der Waals surface area contributed by atoms with E-state index in [2.05, 4.69) is 35.0 Å². The average Bonchev–Trinajstić information content (AvgIpc) is 3.28. The van der Waals surface area contributed by atoms with Gasteiger partial charge in [0.25, 0.3) is 5.91 Å². The second kappa shape index (κ2) is 7.37. The van der Waals surface area contributed by atoms with E-state index in [9.17, 15) is 9.18 Å². The van der Waals surface area contributed by atoms with E-state index < -0.39 is 0 Å². The quantitative estimate of drug-likeness (QED) is 0.497. The average molecular weight is 378 g/mol. The molecule has 0 aliphatic heterocycles. The molecule has 1 N–H and O–H groups in total. The van der Waals surface area contributed by atoms with Crippen LogP contribution in [-0.2, 0) is 6.54 Å². The number of aromatic nitrogens is 1. The minimum atomic E-state index is -0.282. The van der Waals surface area contributed by atoms with Crippen LogP contribution in [0.2, 0.25) is 0 Å². The highest BCUT2D eigenvalue weighted by Gasteiger charge is 2.21. The zero-order valence-corrected chi connectivity index (χ0v) is 15.7. The van der Waals surface area contributed by atoms with E-state index in [0.717, 1.165) is 21.3 Å². The lowest BCUT2D eigenvalue weighted by Crippen LogP contribution is -2.26. The van der Waals surface area contributed by atoms with Gasteiger partial charge in [0, 0.05) is 6.54 Å². The Bertz CT molecular complexity index is 1070. The summed E-state index contributed by atoms with van der Waals surface area (Å²) < 4.78 is 16.2. The van der Waals surface area contributed by atoms with Crippen LogP contribution in [0.25, 0.3) is 10.2 Å². The van der Waals surface area contributed by atoms with Gasteiger partial charge in [0.05, 0.1) is 16.3 Å². The van der Waals surface area contributed by atoms with Gasteiger partial charge in [0.1, 0.15) is 11.5 Å². The minimum Gasteiger partial charge on any atom is -0.347 e. The zero-order valence-electron chi connectivity index (χ0n) is 14.9. The summed E-state index contributed by atoms with van der Waals surface area (Å²) in [6.45, 7) is 2.46. The highest BCUT2D eigenvalue weighted by Crippen LogP contribution is 2.31. The molecule has 0 saturated carbocycles. The number of thiophene rings is 1. The van der Waals surface area contributed by atoms with Gasteiger partial charge in [-0.2, -0.15) is 0 Å². The lowest BCUT2D eigenvalue weighted by molar-refractivity contribution is 0.0941. The molecule has 1 atom stereocenters. The van der Waals surface area contributed by atoms with Crippen molar-refractivity contribution in [1.82, 2.24) is 9.88 Å². The molecular formula is C22H19FN2OS. The molecule has 1 unspecified atom stereocenters. The van der Waals surface area contributed by atoms with Gasteiger partial charge in [-0.05, 0) is 47.7 Å². The van der Waals surface area contributed by atoms with Crippen LogP contribution >= 0.6 is 11.3 Å². The van der Waals surface area contributed by atoms with Crippen LogP contribution < -0.4 is 5.32 Å². The molecule has 3 nitrogen and oxygen atoms in total. The number of amides is 1. The summed E-state index contributed by atoms with van der Waals surface area (Å²) in [7, 11) is 0. The minimum absolute atomic E-state index is 0.0323. The van der Waals surface area contributed by atoms with Gasteiger partial charge in [-0.1, -0.05) is 42.5 Å². The summed E-state index contributed by atoms with van der Waals surface area (Å²) in [6, 6.07) is 20.3. The normalized spacial score (nSPS) is 12.2. The maximum Gasteiger partial charge on any atom is 0.268 e. The summed E-state index contributed by atoms with van der Waals surface area (Å²) in [6.07, 6.45) is 0. The Morgan fingerprint density at radius 3 is 2.59 bits per heavy atom. The number of halogens is 1. The number of hydrogen-bond donors (Lipinski definition) is 1. The number of rotatable bonds is 5. The highest BCUT2D eigenvalue weighted by atomic mass is 32.1. The molecule has 0 bridgehead atoms. The number of nitrogens with one attached hydrogen (secondary N) is 1. The Labute approximate surface area is 161 Å². The fourth-order valence-corrected chi connectivity index (χ4v) is 4.10. The number of hydrogen-bond acceptors (Lipinski definition) is 2. The van der Waals surface area contributed by atoms with Crippen LogP contribution in [0, 0.1) is 5.82 Å². The number of carbonyl (C=O) groups excluding carboxylic acids is 1. The zero-order chi connectivity index (χ0) is 18.8. The van der Waals surface area contributed by atoms with E-state index in [1.54, 1.807) is 23.5 Å². The second-order valence-corrected chi connectivity index (χ2v) is 7.41. The number of nitrogens with zero attached hydrogens (tertiary/aromatic N) is 1. The third-order valence-corrected chi connectivity index (χ3v) is 5.58. The molecule has 0 fully saturated rings. The summed E-state index contributed by atoms with van der Waals surface area (Å²) in [5.74, 6) is -0.415. The molecular weight excluding hydrogens is 359 g/mol. The fourth-order valence-electron chi connectivity index (χ4n) is 3.29. The van der Waals surface area contributed by atoms with Crippen molar-refractivity contribution < 1.29 is 9.18 Å². The van der Waals surface area contributed by atoms with E-state index >= 15 is 0 Å². The second-order valence-electron chi connectivity index (χ2n) is 6.47. The molecule has 4 rings (SSSR count). The highest BCUT2D eigenvalue weighted by molar-refractivity contribution is 7.17. The van der Waals surface area contributed by atoms with Crippen molar-refractivity contribution in [2.24, 2.45) is 0 Å². The predicted molar refractivity (Wildman–Crippen MR) is 108 cm³/mol. The van der Waals surface area contributed by atoms with Gasteiger partial charge >= 0.3 is 0 Å². The molecule has 0 spiro atoms. The first kappa shape index (κ1) is 17.5. The molecule has 4 aromatic rings. The Kier molecular flexibility index (Phi) is 4.77. The Hall–Kier alpha value is -2.92. The summed E-state index contributed by atoms with van der Waals surface area (Å²) in [4.78, 5) is 12.9. The van der Waals surface area contributed by atoms with Crippen LogP contribution in [0.1, 0.15) is 34.6 Å². The van der Waals surface area contributed by atoms with Gasteiger partial charge in [0.15, 0.2) is 0 Å². The monoisotopic (exact) mass is 378 g/mol. The summed E-state index contributed by atoms with van der Waals surface area (Å²) >= 11 is 1.63. The maximum atomic E-state index is 13.0. The molecule has 27 heavy (non-hydrogen) atoms. The Morgan fingerprint density at radius 2 is 1.85 bits per heavy atom. The van der Waals surface area contributed by atoms with Crippen molar-refractivity contribution in [2.75, 3.05) is 0 Å². The topological polar surface area (TPSA) is 34.0 Å². The molecule has 1 amide bonds. The van der Waals surface area contributed by atoms with E-state index in [1.165, 1.54) is 12.1 Å². The van der Waals surface area contributed by atoms with Crippen LogP contribution in [0.3, 0.4) is 0 Å². The van der Waals surface area contributed by atoms with Crippen molar-refractivity contribution in [3.05, 3.63) is 94.7 Å². The van der Waals surface area contributed by atoms with Gasteiger partial charge in [-0.3, -0.25) is 4.79 Å². The number of carbonyl (C=O) groups is 1. The number of benzene rings is 2. The Morgan fingerprint density at radius 1 is 1.11 bits per heavy atom. The third kappa shape index (κ3) is 3.51. The predicted octanol–water partition coefficient (Wildman–Crippen LogP) is 5.38. The van der Waals surface area contributed by atoms with Crippen molar-refractivity contribution in [3.8, 4) is 0 Å². The molecule has 136 valence electrons. The van der Waals surface area contributed by atoms with Crippen molar-refractivity contribution >= 4 is 27.5 Å². The molecule has 0 aliphatic rings. The van der Waals surface area contributed by atoms with Crippen LogP contribution in [0.5, 0.6) is 0 Å². The first-order valence-electron chi connectivity index (χ1n) is 8.79. The summed E-state index contributed by atoms with van der Waals surface area (Å²) in [5, 5.41) is 5.00. The molecule has 0 aliphatic carbocycles. The molecule has 0 radical (unpaired) electrons. The molecule has 2 aromatic heterocycles.